The van der Waals surface area contributed by atoms with Crippen LogP contribution >= 0.6 is 11.6 Å². The van der Waals surface area contributed by atoms with Gasteiger partial charge in [-0.05, 0) is 0 Å². The van der Waals surface area contributed by atoms with Crippen LogP contribution in [0.1, 0.15) is 0 Å². The predicted octanol–water partition coefficient (Wildman–Crippen LogP) is 1.98. The third-order valence-corrected chi connectivity index (χ3v) is 0.874. The standard InChI is InChI=1S/C5H4Cl.2CO.Rh/c6-5-3-1-2-4-5;2*1-2;/h1-4H;;;/q-1;;;. The summed E-state index contributed by atoms with van der Waals surface area (Å²) in [5, 5.41) is 0.815. The van der Waals surface area contributed by atoms with Crippen LogP contribution < -0.4 is 0 Å². The Morgan fingerprint density at radius 2 is 1.27 bits per heavy atom. The van der Waals surface area contributed by atoms with E-state index in [1.54, 1.807) is 0 Å². The van der Waals surface area contributed by atoms with Crippen molar-refractivity contribution in [3.63, 3.8) is 0 Å². The van der Waals surface area contributed by atoms with E-state index in [0.717, 1.165) is 5.02 Å². The Morgan fingerprint density at radius 3 is 1.36 bits per heavy atom. The van der Waals surface area contributed by atoms with Gasteiger partial charge in [0.25, 0.3) is 0 Å². The van der Waals surface area contributed by atoms with Crippen LogP contribution in [-0.2, 0) is 28.8 Å². The zero-order valence-corrected chi connectivity index (χ0v) is 7.73. The molecule has 11 heavy (non-hydrogen) atoms. The average Bonchev–Trinajstić information content (AvgIpc) is 2.48. The largest absolute Gasteiger partial charge is 0 e. The van der Waals surface area contributed by atoms with E-state index in [2.05, 4.69) is 13.3 Å². The zero-order chi connectivity index (χ0) is 8.41. The third-order valence-electron chi connectivity index (χ3n) is 0.622. The SMILES string of the molecule is Cl[c-]1cccc1.[C-]#[O+].[C-]#[O+].[Rh]. The summed E-state index contributed by atoms with van der Waals surface area (Å²) in [6, 6.07) is 7.51. The summed E-state index contributed by atoms with van der Waals surface area (Å²) in [6.07, 6.45) is 0. The molecule has 1 aromatic rings. The van der Waals surface area contributed by atoms with Crippen molar-refractivity contribution in [1.82, 2.24) is 0 Å². The Bertz CT molecular complexity index is 173. The Labute approximate surface area is 83.1 Å². The van der Waals surface area contributed by atoms with Crippen molar-refractivity contribution in [1.29, 1.82) is 0 Å². The van der Waals surface area contributed by atoms with Gasteiger partial charge in [0.15, 0.2) is 0 Å². The fraction of sp³-hybridized carbons (Fsp3) is 0. The Balaban J connectivity index is -0.000000114. The molecule has 0 aromatic heterocycles. The van der Waals surface area contributed by atoms with E-state index in [9.17, 15) is 0 Å². The second-order valence-corrected chi connectivity index (χ2v) is 1.54. The molecule has 2 nitrogen and oxygen atoms in total. The molecule has 1 radical (unpaired) electrons. The maximum Gasteiger partial charge on any atom is 0 e. The van der Waals surface area contributed by atoms with Gasteiger partial charge in [-0.15, -0.1) is 0 Å². The maximum absolute atomic E-state index is 7.50. The number of hydrogen-bond donors (Lipinski definition) is 0. The molecule has 4 heteroatoms. The van der Waals surface area contributed by atoms with Crippen LogP contribution in [0.2, 0.25) is 5.02 Å². The summed E-state index contributed by atoms with van der Waals surface area (Å²) >= 11 is 5.46. The summed E-state index contributed by atoms with van der Waals surface area (Å²) in [5.74, 6) is 0. The van der Waals surface area contributed by atoms with Crippen molar-refractivity contribution >= 4 is 11.6 Å². The molecule has 0 heterocycles. The molecular weight excluding hydrogens is 254 g/mol. The Hall–Kier alpha value is -0.257. The first-order chi connectivity index (χ1) is 4.89. The van der Waals surface area contributed by atoms with Gasteiger partial charge in [-0.1, -0.05) is 5.02 Å². The molecule has 0 amide bonds. The van der Waals surface area contributed by atoms with E-state index in [0.29, 0.717) is 0 Å². The van der Waals surface area contributed by atoms with Gasteiger partial charge in [-0.3, -0.25) is 0 Å². The van der Waals surface area contributed by atoms with Gasteiger partial charge in [-0.25, -0.2) is 12.1 Å². The molecule has 0 fully saturated rings. The molecule has 0 bridgehead atoms. The molecule has 0 N–H and O–H groups in total. The van der Waals surface area contributed by atoms with Crippen LogP contribution in [0.4, 0.5) is 0 Å². The number of halogens is 1. The minimum atomic E-state index is 0. The van der Waals surface area contributed by atoms with Crippen molar-refractivity contribution in [2.24, 2.45) is 0 Å². The van der Waals surface area contributed by atoms with Gasteiger partial charge < -0.3 is 0 Å². The minimum Gasteiger partial charge on any atom is 0 e. The van der Waals surface area contributed by atoms with Crippen LogP contribution in [0.3, 0.4) is 0 Å². The first kappa shape index (κ1) is 17.0. The van der Waals surface area contributed by atoms with Crippen LogP contribution in [0.25, 0.3) is 0 Å². The van der Waals surface area contributed by atoms with E-state index < -0.39 is 0 Å². The molecule has 61 valence electrons. The van der Waals surface area contributed by atoms with Gasteiger partial charge in [0, 0.05) is 19.5 Å². The van der Waals surface area contributed by atoms with Gasteiger partial charge in [0.1, 0.15) is 0 Å². The summed E-state index contributed by atoms with van der Waals surface area (Å²) in [7, 11) is 0. The summed E-state index contributed by atoms with van der Waals surface area (Å²) < 4.78 is 15.0. The fourth-order valence-corrected chi connectivity index (χ4v) is 0.496. The van der Waals surface area contributed by atoms with Crippen molar-refractivity contribution in [3.05, 3.63) is 42.6 Å². The maximum atomic E-state index is 7.50. The summed E-state index contributed by atoms with van der Waals surface area (Å²) in [4.78, 5) is 0. The molecule has 0 atom stereocenters. The monoisotopic (exact) mass is 258 g/mol. The van der Waals surface area contributed by atoms with Crippen molar-refractivity contribution in [2.45, 2.75) is 0 Å². The van der Waals surface area contributed by atoms with Crippen molar-refractivity contribution in [2.75, 3.05) is 0 Å². The minimum absolute atomic E-state index is 0. The first-order valence-corrected chi connectivity index (χ1v) is 2.55. The Kier molecular flexibility index (Phi) is 25.3. The molecule has 0 spiro atoms. The number of hydrogen-bond acceptors (Lipinski definition) is 0. The third kappa shape index (κ3) is 12.8. The van der Waals surface area contributed by atoms with E-state index in [1.807, 2.05) is 24.3 Å². The molecule has 0 aliphatic rings. The second kappa shape index (κ2) is 16.4. The molecule has 1 aromatic carbocycles. The molecule has 0 aliphatic carbocycles. The summed E-state index contributed by atoms with van der Waals surface area (Å²) in [6.45, 7) is 9.00. The molecule has 0 aliphatic heterocycles. The van der Waals surface area contributed by atoms with Crippen LogP contribution in [-0.4, -0.2) is 0 Å². The molecule has 0 saturated heterocycles. The molecule has 1 rings (SSSR count). The average molecular weight is 258 g/mol. The van der Waals surface area contributed by atoms with E-state index >= 15 is 0 Å². The van der Waals surface area contributed by atoms with Gasteiger partial charge in [-0.2, -0.15) is 23.7 Å². The normalized spacial score (nSPS) is 5.18. The second-order valence-electron chi connectivity index (χ2n) is 1.10. The molecular formula is C7H4ClO2Rh-. The topological polar surface area (TPSA) is 39.8 Å². The van der Waals surface area contributed by atoms with E-state index in [4.69, 9.17) is 20.9 Å². The predicted molar refractivity (Wildman–Crippen MR) is 34.9 cm³/mol. The summed E-state index contributed by atoms with van der Waals surface area (Å²) in [5.41, 5.74) is 0. The van der Waals surface area contributed by atoms with Gasteiger partial charge in [0.2, 0.25) is 0 Å². The van der Waals surface area contributed by atoms with E-state index in [-0.39, 0.29) is 19.5 Å². The van der Waals surface area contributed by atoms with Crippen molar-refractivity contribution in [3.8, 4) is 0 Å². The first-order valence-electron chi connectivity index (χ1n) is 2.17. The van der Waals surface area contributed by atoms with Crippen LogP contribution in [0.5, 0.6) is 0 Å². The van der Waals surface area contributed by atoms with Gasteiger partial charge >= 0.3 is 22.6 Å². The van der Waals surface area contributed by atoms with Crippen molar-refractivity contribution < 1.29 is 28.8 Å². The fourth-order valence-electron chi connectivity index (χ4n) is 0.351. The van der Waals surface area contributed by atoms with Crippen LogP contribution in [0.15, 0.2) is 24.3 Å². The quantitative estimate of drug-likeness (QED) is 0.388. The number of rotatable bonds is 0. The Morgan fingerprint density at radius 1 is 1.00 bits per heavy atom. The van der Waals surface area contributed by atoms with Gasteiger partial charge in [0.05, 0.1) is 0 Å². The van der Waals surface area contributed by atoms with Crippen LogP contribution in [0, 0.1) is 13.3 Å². The van der Waals surface area contributed by atoms with E-state index in [1.165, 1.54) is 0 Å². The smallest absolute Gasteiger partial charge is 0 e. The molecule has 0 saturated carbocycles. The zero-order valence-electron chi connectivity index (χ0n) is 5.34. The molecule has 0 unspecified atom stereocenters.